The van der Waals surface area contributed by atoms with Gasteiger partial charge >= 0.3 is 0 Å². The predicted octanol–water partition coefficient (Wildman–Crippen LogP) is 4.03. The third-order valence-electron chi connectivity index (χ3n) is 4.41. The maximum atomic E-state index is 10.8. The molecule has 0 amide bonds. The molecule has 2 unspecified atom stereocenters. The summed E-state index contributed by atoms with van der Waals surface area (Å²) in [5.74, 6) is 0.886. The van der Waals surface area contributed by atoms with Crippen molar-refractivity contribution in [3.63, 3.8) is 0 Å². The first-order valence-corrected chi connectivity index (χ1v) is 7.60. The summed E-state index contributed by atoms with van der Waals surface area (Å²) in [6, 6.07) is 6.67. The second kappa shape index (κ2) is 5.04. The Balaban J connectivity index is 1.91. The summed E-state index contributed by atoms with van der Waals surface area (Å²) in [6.45, 7) is 1.15. The zero-order valence-electron chi connectivity index (χ0n) is 10.4. The summed E-state index contributed by atoms with van der Waals surface area (Å²) in [5.41, 5.74) is 2.00. The molecule has 3 heteroatoms. The summed E-state index contributed by atoms with van der Waals surface area (Å²) in [7, 11) is 0. The fourth-order valence-electron chi connectivity index (χ4n) is 3.58. The Morgan fingerprint density at radius 1 is 1.22 bits per heavy atom. The molecular formula is C15H18BrNO. The van der Waals surface area contributed by atoms with E-state index in [2.05, 4.69) is 26.9 Å². The second-order valence-corrected chi connectivity index (χ2v) is 6.28. The van der Waals surface area contributed by atoms with Gasteiger partial charge in [-0.3, -0.25) is 4.79 Å². The van der Waals surface area contributed by atoms with E-state index in [9.17, 15) is 4.79 Å². The lowest BCUT2D eigenvalue weighted by atomic mass is 9.91. The van der Waals surface area contributed by atoms with Gasteiger partial charge in [0, 0.05) is 22.6 Å². The van der Waals surface area contributed by atoms with E-state index in [0.29, 0.717) is 0 Å². The summed E-state index contributed by atoms with van der Waals surface area (Å²) in [5, 5.41) is 0. The lowest BCUT2D eigenvalue weighted by Crippen LogP contribution is -2.42. The Kier molecular flexibility index (Phi) is 3.42. The van der Waals surface area contributed by atoms with E-state index in [-0.39, 0.29) is 0 Å². The molecule has 2 fully saturated rings. The van der Waals surface area contributed by atoms with Crippen LogP contribution in [0, 0.1) is 5.92 Å². The van der Waals surface area contributed by atoms with Crippen LogP contribution in [0.4, 0.5) is 5.69 Å². The Bertz CT molecular complexity index is 460. The number of benzene rings is 1. The molecule has 1 aromatic carbocycles. The normalized spacial score (nSPS) is 27.1. The molecule has 96 valence electrons. The smallest absolute Gasteiger partial charge is 0.150 e. The molecule has 2 nitrogen and oxygen atoms in total. The first-order valence-electron chi connectivity index (χ1n) is 6.81. The molecule has 1 saturated carbocycles. The highest BCUT2D eigenvalue weighted by molar-refractivity contribution is 9.10. The van der Waals surface area contributed by atoms with Gasteiger partial charge < -0.3 is 4.90 Å². The van der Waals surface area contributed by atoms with Gasteiger partial charge in [-0.25, -0.2) is 0 Å². The van der Waals surface area contributed by atoms with Gasteiger partial charge in [0.15, 0.2) is 0 Å². The molecule has 1 aromatic rings. The third kappa shape index (κ3) is 2.09. The second-order valence-electron chi connectivity index (χ2n) is 5.42. The number of carbonyl (C=O) groups excluding carboxylic acids is 1. The zero-order valence-corrected chi connectivity index (χ0v) is 12.0. The summed E-state index contributed by atoms with van der Waals surface area (Å²) < 4.78 is 1.06. The first kappa shape index (κ1) is 12.2. The van der Waals surface area contributed by atoms with E-state index < -0.39 is 0 Å². The van der Waals surface area contributed by atoms with E-state index in [0.717, 1.165) is 34.8 Å². The number of hydrogen-bond donors (Lipinski definition) is 0. The standard InChI is InChI=1S/C15H18BrNO/c16-13-9-11(10-18)6-7-15(13)17-8-2-4-12-3-1-5-14(12)17/h6-7,9-10,12,14H,1-5,8H2. The number of nitrogens with zero attached hydrogens (tertiary/aromatic N) is 1. The maximum absolute atomic E-state index is 10.8. The van der Waals surface area contributed by atoms with E-state index in [4.69, 9.17) is 0 Å². The van der Waals surface area contributed by atoms with Crippen molar-refractivity contribution in [1.82, 2.24) is 0 Å². The van der Waals surface area contributed by atoms with Gasteiger partial charge in [0.1, 0.15) is 6.29 Å². The van der Waals surface area contributed by atoms with Gasteiger partial charge in [-0.15, -0.1) is 0 Å². The van der Waals surface area contributed by atoms with Crippen LogP contribution in [0.3, 0.4) is 0 Å². The van der Waals surface area contributed by atoms with Gasteiger partial charge in [-0.2, -0.15) is 0 Å². The van der Waals surface area contributed by atoms with Gasteiger partial charge in [-0.1, -0.05) is 6.42 Å². The predicted molar refractivity (Wildman–Crippen MR) is 77.2 cm³/mol. The van der Waals surface area contributed by atoms with E-state index >= 15 is 0 Å². The number of anilines is 1. The number of aldehydes is 1. The quantitative estimate of drug-likeness (QED) is 0.769. The Morgan fingerprint density at radius 2 is 2.06 bits per heavy atom. The van der Waals surface area contributed by atoms with Crippen molar-refractivity contribution < 1.29 is 4.79 Å². The lowest BCUT2D eigenvalue weighted by Gasteiger charge is -2.40. The molecule has 1 aliphatic carbocycles. The summed E-state index contributed by atoms with van der Waals surface area (Å²) in [4.78, 5) is 13.3. The van der Waals surface area contributed by atoms with Gasteiger partial charge in [0.2, 0.25) is 0 Å². The van der Waals surface area contributed by atoms with Gasteiger partial charge in [0.25, 0.3) is 0 Å². The minimum absolute atomic E-state index is 0.720. The van der Waals surface area contributed by atoms with Crippen LogP contribution in [0.5, 0.6) is 0 Å². The van der Waals surface area contributed by atoms with Crippen molar-refractivity contribution in [2.45, 2.75) is 38.1 Å². The number of rotatable bonds is 2. The first-order chi connectivity index (χ1) is 8.79. The van der Waals surface area contributed by atoms with Crippen LogP contribution in [-0.2, 0) is 0 Å². The Morgan fingerprint density at radius 3 is 2.83 bits per heavy atom. The van der Waals surface area contributed by atoms with Crippen LogP contribution >= 0.6 is 15.9 Å². The molecule has 0 N–H and O–H groups in total. The van der Waals surface area contributed by atoms with E-state index in [1.54, 1.807) is 0 Å². The van der Waals surface area contributed by atoms with Crippen LogP contribution in [0.25, 0.3) is 0 Å². The van der Waals surface area contributed by atoms with Crippen molar-refractivity contribution >= 4 is 27.9 Å². The number of carbonyl (C=O) groups is 1. The molecule has 1 saturated heterocycles. The average Bonchev–Trinajstić information content (AvgIpc) is 2.87. The molecule has 0 spiro atoms. The highest BCUT2D eigenvalue weighted by atomic mass is 79.9. The number of piperidine rings is 1. The fourth-order valence-corrected chi connectivity index (χ4v) is 4.21. The molecule has 2 aliphatic rings. The molecular weight excluding hydrogens is 290 g/mol. The number of hydrogen-bond acceptors (Lipinski definition) is 2. The topological polar surface area (TPSA) is 20.3 Å². The molecule has 1 aliphatic heterocycles. The lowest BCUT2D eigenvalue weighted by molar-refractivity contribution is 0.112. The summed E-state index contributed by atoms with van der Waals surface area (Å²) >= 11 is 3.62. The van der Waals surface area contributed by atoms with E-state index in [1.807, 2.05) is 12.1 Å². The van der Waals surface area contributed by atoms with Crippen LogP contribution in [0.2, 0.25) is 0 Å². The molecule has 3 rings (SSSR count). The fraction of sp³-hybridized carbons (Fsp3) is 0.533. The number of fused-ring (bicyclic) bond motifs is 1. The van der Waals surface area contributed by atoms with Crippen molar-refractivity contribution in [1.29, 1.82) is 0 Å². The van der Waals surface area contributed by atoms with Crippen LogP contribution in [-0.4, -0.2) is 18.9 Å². The van der Waals surface area contributed by atoms with Crippen molar-refractivity contribution in [2.24, 2.45) is 5.92 Å². The molecule has 18 heavy (non-hydrogen) atoms. The van der Waals surface area contributed by atoms with Crippen LogP contribution in [0.1, 0.15) is 42.5 Å². The molecule has 2 atom stereocenters. The van der Waals surface area contributed by atoms with Crippen LogP contribution in [0.15, 0.2) is 22.7 Å². The maximum Gasteiger partial charge on any atom is 0.150 e. The SMILES string of the molecule is O=Cc1ccc(N2CCCC3CCCC32)c(Br)c1. The van der Waals surface area contributed by atoms with Crippen molar-refractivity contribution in [3.8, 4) is 0 Å². The highest BCUT2D eigenvalue weighted by Gasteiger charge is 2.35. The summed E-state index contributed by atoms with van der Waals surface area (Å²) in [6.07, 6.45) is 7.69. The highest BCUT2D eigenvalue weighted by Crippen LogP contribution is 2.41. The Hall–Kier alpha value is -0.830. The average molecular weight is 308 g/mol. The van der Waals surface area contributed by atoms with Crippen LogP contribution < -0.4 is 4.90 Å². The van der Waals surface area contributed by atoms with Crippen molar-refractivity contribution in [3.05, 3.63) is 28.2 Å². The minimum Gasteiger partial charge on any atom is -0.367 e. The van der Waals surface area contributed by atoms with Gasteiger partial charge in [0.05, 0.1) is 5.69 Å². The molecule has 0 radical (unpaired) electrons. The molecule has 0 bridgehead atoms. The zero-order chi connectivity index (χ0) is 12.5. The number of halogens is 1. The monoisotopic (exact) mass is 307 g/mol. The minimum atomic E-state index is 0.720. The van der Waals surface area contributed by atoms with E-state index in [1.165, 1.54) is 37.8 Å². The van der Waals surface area contributed by atoms with Crippen molar-refractivity contribution in [2.75, 3.05) is 11.4 Å². The molecule has 0 aromatic heterocycles. The largest absolute Gasteiger partial charge is 0.367 e. The third-order valence-corrected chi connectivity index (χ3v) is 5.05. The van der Waals surface area contributed by atoms with Gasteiger partial charge in [-0.05, 0) is 65.7 Å². The Labute approximate surface area is 116 Å². The molecule has 1 heterocycles.